The minimum atomic E-state index is 0. The van der Waals surface area contributed by atoms with Gasteiger partial charge >= 0.3 is 19.5 Å². The summed E-state index contributed by atoms with van der Waals surface area (Å²) in [7, 11) is 0. The van der Waals surface area contributed by atoms with Crippen molar-refractivity contribution in [1.29, 1.82) is 0 Å². The molecule has 4 aliphatic heterocycles. The summed E-state index contributed by atoms with van der Waals surface area (Å²) in [4.78, 5) is 0. The van der Waals surface area contributed by atoms with Gasteiger partial charge in [-0.1, -0.05) is 7.83 Å². The smallest absolute Gasteiger partial charge is 0.767 e. The largest absolute Gasteiger partial charge is 2.00 e. The van der Waals surface area contributed by atoms with Gasteiger partial charge < -0.3 is 25.3 Å². The Morgan fingerprint density at radius 1 is 0.632 bits per heavy atom. The zero-order chi connectivity index (χ0) is 12.5. The second-order valence-corrected chi connectivity index (χ2v) is 15.2. The summed E-state index contributed by atoms with van der Waals surface area (Å²) in [5.74, 6) is 0. The first-order chi connectivity index (χ1) is 8.72. The molecule has 0 atom stereocenters. The molecule has 0 spiro atoms. The molecule has 0 aromatic rings. The first-order valence-corrected chi connectivity index (χ1v) is 12.5. The van der Waals surface area contributed by atoms with E-state index in [0.29, 0.717) is 7.83 Å². The Balaban J connectivity index is 0.000000133. The summed E-state index contributed by atoms with van der Waals surface area (Å²) < 4.78 is 6.36. The predicted molar refractivity (Wildman–Crippen MR) is 106 cm³/mol. The van der Waals surface area contributed by atoms with Gasteiger partial charge in [0.1, 0.15) is 0 Å². The van der Waals surface area contributed by atoms with Crippen molar-refractivity contribution in [3.63, 3.8) is 0 Å². The molecule has 0 unspecified atom stereocenters. The molecule has 0 fully saturated rings. The second kappa shape index (κ2) is 9.18. The molecule has 4 rings (SSSR count). The normalized spacial score (nSPS) is 26.2. The molecule has 0 aromatic heterocycles. The molecule has 4 aliphatic rings. The summed E-state index contributed by atoms with van der Waals surface area (Å²) in [5, 5.41) is 4.32. The molecule has 0 radical (unpaired) electrons. The molecule has 0 nitrogen and oxygen atoms in total. The molecule has 0 bridgehead atoms. The molecule has 11 heteroatoms. The molecule has 100 valence electrons. The van der Waals surface area contributed by atoms with Crippen LogP contribution in [0, 0.1) is 10.2 Å². The number of hydrogen-bond acceptors (Lipinski definition) is 10. The van der Waals surface area contributed by atoms with Crippen molar-refractivity contribution in [3.8, 4) is 0 Å². The molecule has 19 heavy (non-hydrogen) atoms. The molecule has 0 amide bonds. The summed E-state index contributed by atoms with van der Waals surface area (Å²) in [6.45, 7) is 0. The van der Waals surface area contributed by atoms with E-state index in [1.165, 1.54) is 16.9 Å². The maximum atomic E-state index is 5.10. The Morgan fingerprint density at radius 3 is 1.16 bits per heavy atom. The summed E-state index contributed by atoms with van der Waals surface area (Å²) in [6, 6.07) is 0. The Labute approximate surface area is 171 Å². The van der Waals surface area contributed by atoms with E-state index in [2.05, 4.69) is 10.2 Å². The summed E-state index contributed by atoms with van der Waals surface area (Å²) >= 11 is 24.7. The Kier molecular flexibility index (Phi) is 9.15. The Hall–Kier alpha value is 3.60. The average Bonchev–Trinajstić information content (AvgIpc) is 2.97. The van der Waals surface area contributed by atoms with Gasteiger partial charge in [0.2, 0.25) is 0 Å². The molecule has 0 N–H and O–H groups in total. The fraction of sp³-hybridized carbons (Fsp3) is 0.250. The van der Waals surface area contributed by atoms with Crippen LogP contribution in [0.5, 0.6) is 0 Å². The van der Waals surface area contributed by atoms with E-state index in [0.717, 1.165) is 0 Å². The monoisotopic (exact) mass is 484 g/mol. The van der Waals surface area contributed by atoms with Gasteiger partial charge in [-0.3, -0.25) is 47.0 Å². The first kappa shape index (κ1) is 18.9. The molecule has 0 saturated heterocycles. The van der Waals surface area contributed by atoms with Gasteiger partial charge in [0.15, 0.2) is 0 Å². The Morgan fingerprint density at radius 2 is 0.895 bits per heavy atom. The fourth-order valence-corrected chi connectivity index (χ4v) is 14.3. The second-order valence-electron chi connectivity index (χ2n) is 2.86. The van der Waals surface area contributed by atoms with Crippen LogP contribution in [0.3, 0.4) is 0 Å². The molecule has 0 aromatic carbocycles. The van der Waals surface area contributed by atoms with E-state index in [-0.39, 0.29) is 19.5 Å². The van der Waals surface area contributed by atoms with E-state index < -0.39 is 0 Å². The molecular formula is C8H4S10Zn-2. The van der Waals surface area contributed by atoms with Crippen molar-refractivity contribution in [2.24, 2.45) is 0 Å². The van der Waals surface area contributed by atoms with Crippen LogP contribution in [0.1, 0.15) is 0 Å². The van der Waals surface area contributed by atoms with Crippen molar-refractivity contribution < 1.29 is 19.5 Å². The van der Waals surface area contributed by atoms with Crippen LogP contribution in [0.4, 0.5) is 0 Å². The number of rotatable bonds is 0. The molecule has 0 aliphatic carbocycles. The van der Waals surface area contributed by atoms with E-state index in [9.17, 15) is 0 Å². The number of hydrogen-bond donors (Lipinski definition) is 0. The van der Waals surface area contributed by atoms with Crippen LogP contribution < -0.4 is 0 Å². The predicted octanol–water partition coefficient (Wildman–Crippen LogP) is 6.04. The van der Waals surface area contributed by atoms with E-state index in [1.54, 1.807) is 47.0 Å². The fourth-order valence-electron chi connectivity index (χ4n) is 1.12. The third kappa shape index (κ3) is 5.29. The van der Waals surface area contributed by atoms with Crippen LogP contribution >= 0.6 is 94.1 Å². The zero-order valence-electron chi connectivity index (χ0n) is 9.10. The standard InChI is InChI=1S/2C4H3S5.Zn/c2*5-4-8-2-3(9-4)7-1-6-2;/h2*1,4-5H;/q2*-1;+2/p-2. The maximum Gasteiger partial charge on any atom is 2.00 e. The van der Waals surface area contributed by atoms with Crippen molar-refractivity contribution >= 4 is 119 Å². The van der Waals surface area contributed by atoms with Gasteiger partial charge in [-0.25, -0.2) is 10.2 Å². The van der Waals surface area contributed by atoms with Crippen molar-refractivity contribution in [2.75, 3.05) is 0 Å². The molecular weight excluding hydrogens is 482 g/mol. The average molecular weight is 486 g/mol. The van der Waals surface area contributed by atoms with Gasteiger partial charge in [-0.15, -0.1) is 47.0 Å². The van der Waals surface area contributed by atoms with Gasteiger partial charge in [-0.2, -0.15) is 0 Å². The van der Waals surface area contributed by atoms with Crippen LogP contribution in [-0.4, -0.2) is 7.83 Å². The van der Waals surface area contributed by atoms with Gasteiger partial charge in [0, 0.05) is 16.9 Å². The summed E-state index contributed by atoms with van der Waals surface area (Å²) in [5.41, 5.74) is 0. The minimum absolute atomic E-state index is 0. The zero-order valence-corrected chi connectivity index (χ0v) is 20.2. The molecule has 0 saturated carbocycles. The van der Waals surface area contributed by atoms with E-state index in [1.807, 2.05) is 47.0 Å². The third-order valence-electron chi connectivity index (χ3n) is 1.77. The minimum Gasteiger partial charge on any atom is -0.767 e. The van der Waals surface area contributed by atoms with Gasteiger partial charge in [0.05, 0.1) is 0 Å². The summed E-state index contributed by atoms with van der Waals surface area (Å²) in [6.07, 6.45) is 0. The van der Waals surface area contributed by atoms with E-state index >= 15 is 0 Å². The Bertz CT molecular complexity index is 336. The van der Waals surface area contributed by atoms with Crippen molar-refractivity contribution in [1.82, 2.24) is 0 Å². The van der Waals surface area contributed by atoms with Crippen LogP contribution in [0.25, 0.3) is 0 Å². The quantitative estimate of drug-likeness (QED) is 0.225. The SMILES string of the molecule is [S-]C1SC2=C(S[CH-]S2)S1.[S-]C1SC2=C(S[CH-]S2)S1.[Zn+2]. The van der Waals surface area contributed by atoms with E-state index in [4.69, 9.17) is 25.3 Å². The van der Waals surface area contributed by atoms with Crippen molar-refractivity contribution in [2.45, 2.75) is 7.83 Å². The van der Waals surface area contributed by atoms with Crippen LogP contribution in [0.15, 0.2) is 16.9 Å². The van der Waals surface area contributed by atoms with Gasteiger partial charge in [0.25, 0.3) is 0 Å². The first-order valence-electron chi connectivity index (χ1n) is 4.49. The van der Waals surface area contributed by atoms with Crippen molar-refractivity contribution in [3.05, 3.63) is 27.1 Å². The van der Waals surface area contributed by atoms with Crippen LogP contribution in [0.2, 0.25) is 0 Å². The third-order valence-corrected chi connectivity index (χ3v) is 13.1. The number of thioether (sulfide) groups is 8. The molecule has 4 heterocycles. The maximum absolute atomic E-state index is 5.10. The topological polar surface area (TPSA) is 0 Å². The van der Waals surface area contributed by atoms with Crippen LogP contribution in [-0.2, 0) is 44.7 Å². The van der Waals surface area contributed by atoms with Gasteiger partial charge in [-0.05, 0) is 0 Å².